The van der Waals surface area contributed by atoms with Crippen molar-refractivity contribution in [3.05, 3.63) is 35.5 Å². The zero-order chi connectivity index (χ0) is 17.3. The van der Waals surface area contributed by atoms with Crippen LogP contribution in [0, 0.1) is 12.8 Å². The van der Waals surface area contributed by atoms with E-state index in [2.05, 4.69) is 15.0 Å². The number of carbonyl (C=O) groups excluding carboxylic acids is 2. The number of nitrogens with one attached hydrogen (secondary N) is 2. The summed E-state index contributed by atoms with van der Waals surface area (Å²) in [5.41, 5.74) is 13.4. The van der Waals surface area contributed by atoms with Gasteiger partial charge in [-0.15, -0.1) is 0 Å². The fraction of sp³-hybridized carbons (Fsp3) is 0.312. The van der Waals surface area contributed by atoms with E-state index in [0.29, 0.717) is 16.9 Å². The van der Waals surface area contributed by atoms with E-state index in [1.165, 1.54) is 11.5 Å². The Balaban J connectivity index is 1.87. The molecule has 0 bridgehead atoms. The predicted octanol–water partition coefficient (Wildman–Crippen LogP) is 1.97. The maximum atomic E-state index is 11.7. The highest BCUT2D eigenvalue weighted by molar-refractivity contribution is 7.10. The standard InChI is InChI=1S/C16H19N5O2S/c1-8-6-13(24-21-8)20-12-7-10(4-5-11(12)15(17)22)19-14(16(18)23)9-2-3-9/h4-7,9,14,19-20H,2-3H2,1H3,(H2,17,22)(H2,18,23). The summed E-state index contributed by atoms with van der Waals surface area (Å²) in [6.45, 7) is 1.89. The SMILES string of the molecule is Cc1cc(Nc2cc(NC(C(N)=O)C3CC3)ccc2C(N)=O)sn1. The van der Waals surface area contributed by atoms with Crippen molar-refractivity contribution in [1.29, 1.82) is 0 Å². The van der Waals surface area contributed by atoms with Crippen LogP contribution in [0.15, 0.2) is 24.3 Å². The number of nitrogens with two attached hydrogens (primary N) is 2. The molecule has 1 fully saturated rings. The van der Waals surface area contributed by atoms with Gasteiger partial charge in [0.15, 0.2) is 0 Å². The molecule has 0 saturated heterocycles. The summed E-state index contributed by atoms with van der Waals surface area (Å²) in [5.74, 6) is -0.623. The lowest BCUT2D eigenvalue weighted by molar-refractivity contribution is -0.119. The van der Waals surface area contributed by atoms with Crippen molar-refractivity contribution < 1.29 is 9.59 Å². The van der Waals surface area contributed by atoms with Crippen LogP contribution >= 0.6 is 11.5 Å². The van der Waals surface area contributed by atoms with Crippen LogP contribution in [0.2, 0.25) is 0 Å². The molecule has 2 amide bonds. The van der Waals surface area contributed by atoms with Crippen LogP contribution in [-0.4, -0.2) is 22.2 Å². The predicted molar refractivity (Wildman–Crippen MR) is 94.4 cm³/mol. The van der Waals surface area contributed by atoms with Crippen molar-refractivity contribution in [2.24, 2.45) is 17.4 Å². The van der Waals surface area contributed by atoms with E-state index in [9.17, 15) is 9.59 Å². The molecule has 2 aromatic rings. The summed E-state index contributed by atoms with van der Waals surface area (Å²) in [6, 6.07) is 6.59. The third-order valence-corrected chi connectivity index (χ3v) is 4.69. The van der Waals surface area contributed by atoms with Crippen molar-refractivity contribution in [2.75, 3.05) is 10.6 Å². The van der Waals surface area contributed by atoms with Crippen LogP contribution in [0.1, 0.15) is 28.9 Å². The van der Waals surface area contributed by atoms with Crippen LogP contribution in [0.4, 0.5) is 16.4 Å². The highest BCUT2D eigenvalue weighted by atomic mass is 32.1. The molecule has 8 heteroatoms. The lowest BCUT2D eigenvalue weighted by Gasteiger charge is -2.18. The number of aryl methyl sites for hydroxylation is 1. The van der Waals surface area contributed by atoms with Gasteiger partial charge in [0.1, 0.15) is 11.0 Å². The molecule has 1 aliphatic carbocycles. The molecule has 7 nitrogen and oxygen atoms in total. The van der Waals surface area contributed by atoms with Crippen molar-refractivity contribution in [2.45, 2.75) is 25.8 Å². The second kappa shape index (κ2) is 6.48. The van der Waals surface area contributed by atoms with E-state index in [4.69, 9.17) is 11.5 Å². The number of nitrogens with zero attached hydrogens (tertiary/aromatic N) is 1. The topological polar surface area (TPSA) is 123 Å². The van der Waals surface area contributed by atoms with Gasteiger partial charge in [0, 0.05) is 5.69 Å². The maximum absolute atomic E-state index is 11.7. The number of anilines is 3. The third kappa shape index (κ3) is 3.65. The Morgan fingerprint density at radius 3 is 2.58 bits per heavy atom. The Bertz CT molecular complexity index is 785. The zero-order valence-electron chi connectivity index (χ0n) is 13.2. The molecule has 1 heterocycles. The Morgan fingerprint density at radius 2 is 2.04 bits per heavy atom. The van der Waals surface area contributed by atoms with Crippen LogP contribution in [0.3, 0.4) is 0 Å². The minimum Gasteiger partial charge on any atom is -0.373 e. The summed E-state index contributed by atoms with van der Waals surface area (Å²) >= 11 is 1.30. The number of primary amides is 2. The molecule has 0 aliphatic heterocycles. The number of hydrogen-bond acceptors (Lipinski definition) is 6. The summed E-state index contributed by atoms with van der Waals surface area (Å²) in [7, 11) is 0. The number of hydrogen-bond donors (Lipinski definition) is 4. The fourth-order valence-electron chi connectivity index (χ4n) is 2.54. The van der Waals surface area contributed by atoms with Gasteiger partial charge in [0.05, 0.1) is 16.9 Å². The van der Waals surface area contributed by atoms with Crippen LogP contribution in [-0.2, 0) is 4.79 Å². The molecule has 1 saturated carbocycles. The quantitative estimate of drug-likeness (QED) is 0.611. The smallest absolute Gasteiger partial charge is 0.250 e. The lowest BCUT2D eigenvalue weighted by atomic mass is 10.1. The molecule has 126 valence electrons. The summed E-state index contributed by atoms with van der Waals surface area (Å²) in [5, 5.41) is 7.13. The van der Waals surface area contributed by atoms with Crippen LogP contribution in [0.25, 0.3) is 0 Å². The zero-order valence-corrected chi connectivity index (χ0v) is 14.0. The summed E-state index contributed by atoms with van der Waals surface area (Å²) in [6.07, 6.45) is 1.98. The van der Waals surface area contributed by atoms with Crippen LogP contribution in [0.5, 0.6) is 0 Å². The van der Waals surface area contributed by atoms with Gasteiger partial charge >= 0.3 is 0 Å². The first-order chi connectivity index (χ1) is 11.4. The number of amides is 2. The molecule has 1 aliphatic rings. The lowest BCUT2D eigenvalue weighted by Crippen LogP contribution is -2.37. The average Bonchev–Trinajstić information content (AvgIpc) is 3.27. The number of benzene rings is 1. The summed E-state index contributed by atoms with van der Waals surface area (Å²) < 4.78 is 4.20. The molecule has 6 N–H and O–H groups in total. The van der Waals surface area contributed by atoms with E-state index >= 15 is 0 Å². The molecule has 1 aromatic heterocycles. The number of rotatable bonds is 7. The van der Waals surface area contributed by atoms with Crippen molar-refractivity contribution in [3.8, 4) is 0 Å². The van der Waals surface area contributed by atoms with Gasteiger partial charge in [0.25, 0.3) is 5.91 Å². The van der Waals surface area contributed by atoms with E-state index in [0.717, 1.165) is 23.5 Å². The molecule has 1 atom stereocenters. The van der Waals surface area contributed by atoms with E-state index in [1.54, 1.807) is 18.2 Å². The molecular weight excluding hydrogens is 326 g/mol. The van der Waals surface area contributed by atoms with Gasteiger partial charge in [-0.25, -0.2) is 0 Å². The van der Waals surface area contributed by atoms with Gasteiger partial charge in [-0.05, 0) is 61.5 Å². The second-order valence-electron chi connectivity index (χ2n) is 5.94. The second-order valence-corrected chi connectivity index (χ2v) is 6.75. The minimum atomic E-state index is -0.529. The summed E-state index contributed by atoms with van der Waals surface area (Å²) in [4.78, 5) is 23.3. The Hall–Kier alpha value is -2.61. The van der Waals surface area contributed by atoms with Crippen molar-refractivity contribution in [3.63, 3.8) is 0 Å². The Labute approximate surface area is 143 Å². The van der Waals surface area contributed by atoms with Gasteiger partial charge in [0.2, 0.25) is 5.91 Å². The first kappa shape index (κ1) is 16.3. The first-order valence-electron chi connectivity index (χ1n) is 7.64. The molecule has 24 heavy (non-hydrogen) atoms. The van der Waals surface area contributed by atoms with Gasteiger partial charge in [-0.3, -0.25) is 9.59 Å². The highest BCUT2D eigenvalue weighted by Gasteiger charge is 2.35. The van der Waals surface area contributed by atoms with Gasteiger partial charge < -0.3 is 22.1 Å². The van der Waals surface area contributed by atoms with Crippen LogP contribution < -0.4 is 22.1 Å². The minimum absolute atomic E-state index is 0.277. The highest BCUT2D eigenvalue weighted by Crippen LogP contribution is 2.35. The molecular formula is C16H19N5O2S. The molecule has 1 aromatic carbocycles. The number of aromatic nitrogens is 1. The molecule has 3 rings (SSSR count). The van der Waals surface area contributed by atoms with E-state index in [1.807, 2.05) is 13.0 Å². The van der Waals surface area contributed by atoms with Gasteiger partial charge in [-0.2, -0.15) is 4.37 Å². The van der Waals surface area contributed by atoms with Gasteiger partial charge in [-0.1, -0.05) is 0 Å². The first-order valence-corrected chi connectivity index (χ1v) is 8.41. The van der Waals surface area contributed by atoms with E-state index in [-0.39, 0.29) is 11.8 Å². The normalized spacial score (nSPS) is 14.9. The van der Waals surface area contributed by atoms with E-state index < -0.39 is 11.9 Å². The largest absolute Gasteiger partial charge is 0.373 e. The van der Waals surface area contributed by atoms with Crippen molar-refractivity contribution >= 4 is 39.7 Å². The maximum Gasteiger partial charge on any atom is 0.250 e. The third-order valence-electron chi connectivity index (χ3n) is 3.89. The molecule has 1 unspecified atom stereocenters. The number of carbonyl (C=O) groups is 2. The van der Waals surface area contributed by atoms with Crippen molar-refractivity contribution in [1.82, 2.24) is 4.37 Å². The molecule has 0 radical (unpaired) electrons. The molecule has 0 spiro atoms. The Kier molecular flexibility index (Phi) is 4.39. The average molecular weight is 345 g/mol. The fourth-order valence-corrected chi connectivity index (χ4v) is 3.21. The monoisotopic (exact) mass is 345 g/mol. The Morgan fingerprint density at radius 1 is 1.29 bits per heavy atom.